The first-order valence-corrected chi connectivity index (χ1v) is 3.59. The molecule has 1 aromatic rings. The van der Waals surface area contributed by atoms with Gasteiger partial charge in [0.15, 0.2) is 0 Å². The predicted octanol–water partition coefficient (Wildman–Crippen LogP) is 1.55. The zero-order valence-corrected chi connectivity index (χ0v) is 6.83. The highest BCUT2D eigenvalue weighted by atomic mass is 15.3. The van der Waals surface area contributed by atoms with E-state index in [0.717, 1.165) is 5.56 Å². The van der Waals surface area contributed by atoms with Gasteiger partial charge >= 0.3 is 0 Å². The van der Waals surface area contributed by atoms with Crippen molar-refractivity contribution in [3.05, 3.63) is 35.4 Å². The molecule has 2 nitrogen and oxygen atoms in total. The highest BCUT2D eigenvalue weighted by Gasteiger charge is 1.85. The zero-order chi connectivity index (χ0) is 8.10. The molecule has 1 aromatic carbocycles. The Morgan fingerprint density at radius 1 is 1.27 bits per heavy atom. The molecular formula is C9H12N2. The van der Waals surface area contributed by atoms with Crippen LogP contribution in [0, 0.1) is 6.92 Å². The van der Waals surface area contributed by atoms with Crippen LogP contribution in [0.25, 0.3) is 0 Å². The van der Waals surface area contributed by atoms with Gasteiger partial charge in [0.1, 0.15) is 0 Å². The maximum Gasteiger partial charge on any atom is 0.0540 e. The van der Waals surface area contributed by atoms with E-state index in [2.05, 4.69) is 29.6 Å². The third kappa shape index (κ3) is 2.42. The first-order chi connectivity index (χ1) is 5.33. The maximum atomic E-state index is 3.90. The number of hydrazone groups is 1. The van der Waals surface area contributed by atoms with Crippen LogP contribution in [0.1, 0.15) is 11.1 Å². The highest BCUT2D eigenvalue weighted by molar-refractivity contribution is 5.79. The Kier molecular flexibility index (Phi) is 2.66. The van der Waals surface area contributed by atoms with Crippen molar-refractivity contribution < 1.29 is 0 Å². The van der Waals surface area contributed by atoms with Gasteiger partial charge in [-0.25, -0.2) is 0 Å². The van der Waals surface area contributed by atoms with Crippen molar-refractivity contribution in [1.29, 1.82) is 0 Å². The van der Waals surface area contributed by atoms with Crippen LogP contribution in [0.2, 0.25) is 0 Å². The van der Waals surface area contributed by atoms with E-state index in [1.165, 1.54) is 5.56 Å². The average Bonchev–Trinajstić information content (AvgIpc) is 2.04. The lowest BCUT2D eigenvalue weighted by molar-refractivity contribution is 0.908. The van der Waals surface area contributed by atoms with Gasteiger partial charge in [0, 0.05) is 7.05 Å². The third-order valence-corrected chi connectivity index (χ3v) is 1.42. The van der Waals surface area contributed by atoms with Crippen LogP contribution in [0.4, 0.5) is 0 Å². The van der Waals surface area contributed by atoms with Crippen molar-refractivity contribution in [2.45, 2.75) is 6.92 Å². The Hall–Kier alpha value is -1.31. The maximum absolute atomic E-state index is 3.90. The van der Waals surface area contributed by atoms with Crippen molar-refractivity contribution in [3.63, 3.8) is 0 Å². The normalized spacial score (nSPS) is 10.4. The van der Waals surface area contributed by atoms with Crippen molar-refractivity contribution in [2.75, 3.05) is 7.05 Å². The third-order valence-electron chi connectivity index (χ3n) is 1.42. The summed E-state index contributed by atoms with van der Waals surface area (Å²) < 4.78 is 0. The molecule has 0 saturated carbocycles. The summed E-state index contributed by atoms with van der Waals surface area (Å²) in [5.41, 5.74) is 5.09. The summed E-state index contributed by atoms with van der Waals surface area (Å²) in [5.74, 6) is 0. The van der Waals surface area contributed by atoms with Gasteiger partial charge in [0.25, 0.3) is 0 Å². The fourth-order valence-corrected chi connectivity index (χ4v) is 0.792. The van der Waals surface area contributed by atoms with Gasteiger partial charge in [-0.15, -0.1) is 0 Å². The van der Waals surface area contributed by atoms with E-state index in [0.29, 0.717) is 0 Å². The summed E-state index contributed by atoms with van der Waals surface area (Å²) in [6.45, 7) is 2.07. The monoisotopic (exact) mass is 148 g/mol. The van der Waals surface area contributed by atoms with Gasteiger partial charge in [-0.2, -0.15) is 5.10 Å². The minimum Gasteiger partial charge on any atom is -0.313 e. The fraction of sp³-hybridized carbons (Fsp3) is 0.222. The van der Waals surface area contributed by atoms with E-state index in [1.54, 1.807) is 13.3 Å². The summed E-state index contributed by atoms with van der Waals surface area (Å²) in [5, 5.41) is 3.90. The highest BCUT2D eigenvalue weighted by Crippen LogP contribution is 1.99. The van der Waals surface area contributed by atoms with Crippen LogP contribution in [0.15, 0.2) is 29.4 Å². The predicted molar refractivity (Wildman–Crippen MR) is 47.8 cm³/mol. The molecule has 0 amide bonds. The van der Waals surface area contributed by atoms with Gasteiger partial charge in [-0.3, -0.25) is 0 Å². The minimum absolute atomic E-state index is 1.12. The van der Waals surface area contributed by atoms with Crippen molar-refractivity contribution in [2.24, 2.45) is 5.10 Å². The minimum atomic E-state index is 1.12. The first-order valence-electron chi connectivity index (χ1n) is 3.59. The Balaban J connectivity index is 2.73. The molecule has 58 valence electrons. The molecule has 0 saturated heterocycles. The summed E-state index contributed by atoms with van der Waals surface area (Å²) in [6, 6.07) is 8.21. The second-order valence-corrected chi connectivity index (χ2v) is 2.39. The summed E-state index contributed by atoms with van der Waals surface area (Å²) in [7, 11) is 1.78. The van der Waals surface area contributed by atoms with Gasteiger partial charge in [-0.05, 0) is 12.5 Å². The molecule has 0 aliphatic heterocycles. The number of aryl methyl sites for hydroxylation is 1. The van der Waals surface area contributed by atoms with E-state index in [4.69, 9.17) is 0 Å². The summed E-state index contributed by atoms with van der Waals surface area (Å²) in [6.07, 6.45) is 1.79. The number of hydrogen-bond donors (Lipinski definition) is 1. The molecule has 1 rings (SSSR count). The van der Waals surface area contributed by atoms with Gasteiger partial charge in [0.05, 0.1) is 6.21 Å². The number of rotatable bonds is 2. The Morgan fingerprint density at radius 2 is 1.91 bits per heavy atom. The molecule has 0 aromatic heterocycles. The quantitative estimate of drug-likeness (QED) is 0.499. The van der Waals surface area contributed by atoms with Crippen molar-refractivity contribution in [3.8, 4) is 0 Å². The molecular weight excluding hydrogens is 136 g/mol. The molecule has 0 atom stereocenters. The molecule has 0 heterocycles. The number of nitrogens with one attached hydrogen (secondary N) is 1. The molecule has 11 heavy (non-hydrogen) atoms. The first kappa shape index (κ1) is 7.79. The van der Waals surface area contributed by atoms with Crippen molar-refractivity contribution >= 4 is 6.21 Å². The smallest absolute Gasteiger partial charge is 0.0540 e. The topological polar surface area (TPSA) is 24.4 Å². The van der Waals surface area contributed by atoms with Crippen LogP contribution >= 0.6 is 0 Å². The number of nitrogens with zero attached hydrogens (tertiary/aromatic N) is 1. The Labute approximate surface area is 66.9 Å². The van der Waals surface area contributed by atoms with E-state index >= 15 is 0 Å². The molecule has 0 spiro atoms. The van der Waals surface area contributed by atoms with E-state index < -0.39 is 0 Å². The molecule has 2 heteroatoms. The summed E-state index contributed by atoms with van der Waals surface area (Å²) >= 11 is 0. The standard InChI is InChI=1S/C9H12N2/c1-8-3-5-9(6-4-8)7-11-10-2/h3-7,10H,1-2H3/b11-7+. The van der Waals surface area contributed by atoms with Crippen LogP contribution in [0.5, 0.6) is 0 Å². The molecule has 0 fully saturated rings. The van der Waals surface area contributed by atoms with Gasteiger partial charge in [0.2, 0.25) is 0 Å². The lowest BCUT2D eigenvalue weighted by atomic mass is 10.2. The second-order valence-electron chi connectivity index (χ2n) is 2.39. The zero-order valence-electron chi connectivity index (χ0n) is 6.83. The number of hydrogen-bond acceptors (Lipinski definition) is 2. The molecule has 0 bridgehead atoms. The Morgan fingerprint density at radius 3 is 2.45 bits per heavy atom. The Bertz CT molecular complexity index is 236. The molecule has 0 aliphatic carbocycles. The van der Waals surface area contributed by atoms with E-state index in [9.17, 15) is 0 Å². The lowest BCUT2D eigenvalue weighted by Crippen LogP contribution is -1.94. The average molecular weight is 148 g/mol. The number of benzene rings is 1. The summed E-state index contributed by atoms with van der Waals surface area (Å²) in [4.78, 5) is 0. The van der Waals surface area contributed by atoms with E-state index in [1.807, 2.05) is 12.1 Å². The van der Waals surface area contributed by atoms with Crippen LogP contribution < -0.4 is 5.43 Å². The van der Waals surface area contributed by atoms with Crippen molar-refractivity contribution in [1.82, 2.24) is 5.43 Å². The lowest BCUT2D eigenvalue weighted by Gasteiger charge is -1.93. The van der Waals surface area contributed by atoms with Gasteiger partial charge in [-0.1, -0.05) is 29.8 Å². The molecule has 0 aliphatic rings. The van der Waals surface area contributed by atoms with E-state index in [-0.39, 0.29) is 0 Å². The molecule has 1 N–H and O–H groups in total. The largest absolute Gasteiger partial charge is 0.313 e. The van der Waals surface area contributed by atoms with Crippen LogP contribution in [-0.4, -0.2) is 13.3 Å². The molecule has 0 radical (unpaired) electrons. The fourth-order valence-electron chi connectivity index (χ4n) is 0.792. The second kappa shape index (κ2) is 3.76. The SMILES string of the molecule is CN/N=C/c1ccc(C)cc1. The van der Waals surface area contributed by atoms with Crippen LogP contribution in [-0.2, 0) is 0 Å². The van der Waals surface area contributed by atoms with Gasteiger partial charge < -0.3 is 5.43 Å². The molecule has 0 unspecified atom stereocenters. The van der Waals surface area contributed by atoms with Crippen LogP contribution in [0.3, 0.4) is 0 Å².